The molecule has 0 aromatic heterocycles. The van der Waals surface area contributed by atoms with Crippen molar-refractivity contribution in [3.05, 3.63) is 0 Å². The van der Waals surface area contributed by atoms with Gasteiger partial charge in [0.15, 0.2) is 6.29 Å². The Morgan fingerprint density at radius 2 is 2.30 bits per heavy atom. The summed E-state index contributed by atoms with van der Waals surface area (Å²) in [5.41, 5.74) is 3.91. The molecule has 0 aliphatic heterocycles. The molecule has 1 saturated carbocycles. The lowest BCUT2D eigenvalue weighted by Crippen LogP contribution is -2.42. The second-order valence-electron chi connectivity index (χ2n) is 3.25. The van der Waals surface area contributed by atoms with Crippen LogP contribution in [0.15, 0.2) is 0 Å². The molecule has 0 amide bonds. The Bertz CT molecular complexity index is 150. The van der Waals surface area contributed by atoms with Crippen LogP contribution in [0.2, 0.25) is 0 Å². The van der Waals surface area contributed by atoms with E-state index in [4.69, 9.17) is 5.73 Å². The Labute approximate surface area is 60.2 Å². The number of hydrogen-bond donors (Lipinski definition) is 2. The van der Waals surface area contributed by atoms with Crippen LogP contribution in [0.3, 0.4) is 0 Å². The van der Waals surface area contributed by atoms with Gasteiger partial charge in [-0.1, -0.05) is 0 Å². The minimum atomic E-state index is -1.21. The predicted molar refractivity (Wildman–Crippen MR) is 37.4 cm³/mol. The lowest BCUT2D eigenvalue weighted by Gasteiger charge is -2.25. The molecule has 1 fully saturated rings. The molecule has 3 heteroatoms. The van der Waals surface area contributed by atoms with E-state index in [2.05, 4.69) is 0 Å². The van der Waals surface area contributed by atoms with Crippen molar-refractivity contribution in [1.29, 1.82) is 0 Å². The molecule has 1 unspecified atom stereocenters. The molecule has 10 heavy (non-hydrogen) atoms. The van der Waals surface area contributed by atoms with E-state index in [1.54, 1.807) is 0 Å². The summed E-state index contributed by atoms with van der Waals surface area (Å²) in [6.07, 6.45) is 2.33. The van der Waals surface area contributed by atoms with Crippen molar-refractivity contribution in [3.63, 3.8) is 0 Å². The Morgan fingerprint density at radius 1 is 1.80 bits per heavy atom. The Balaban J connectivity index is 2.71. The Morgan fingerprint density at radius 3 is 2.40 bits per heavy atom. The van der Waals surface area contributed by atoms with Gasteiger partial charge in [0.05, 0.1) is 0 Å². The van der Waals surface area contributed by atoms with Crippen LogP contribution in [0.4, 0.5) is 0 Å². The van der Waals surface area contributed by atoms with E-state index >= 15 is 0 Å². The maximum atomic E-state index is 10.4. The van der Waals surface area contributed by atoms with E-state index in [-0.39, 0.29) is 5.41 Å². The van der Waals surface area contributed by atoms with Gasteiger partial charge in [-0.25, -0.2) is 0 Å². The van der Waals surface area contributed by atoms with Crippen molar-refractivity contribution in [1.82, 2.24) is 0 Å². The molecule has 0 aromatic rings. The number of nitrogens with two attached hydrogens (primary N) is 1. The summed E-state index contributed by atoms with van der Waals surface area (Å²) >= 11 is 0. The molecular formula is C7H13NO2. The highest BCUT2D eigenvalue weighted by atomic mass is 16.3. The molecule has 3 N–H and O–H groups in total. The van der Waals surface area contributed by atoms with Gasteiger partial charge in [0.2, 0.25) is 0 Å². The second-order valence-corrected chi connectivity index (χ2v) is 3.25. The number of aldehydes is 1. The molecular weight excluding hydrogens is 130 g/mol. The van der Waals surface area contributed by atoms with Crippen LogP contribution in [-0.2, 0) is 4.79 Å². The van der Waals surface area contributed by atoms with Crippen LogP contribution in [0.5, 0.6) is 0 Å². The van der Waals surface area contributed by atoms with Gasteiger partial charge >= 0.3 is 0 Å². The van der Waals surface area contributed by atoms with Gasteiger partial charge in [0.25, 0.3) is 0 Å². The van der Waals surface area contributed by atoms with E-state index < -0.39 is 5.60 Å². The third kappa shape index (κ3) is 0.859. The SMILES string of the molecule is CC(O)(C=O)C1(CN)CC1. The molecule has 0 bridgehead atoms. The highest BCUT2D eigenvalue weighted by Gasteiger charge is 2.55. The molecule has 0 saturated heterocycles. The van der Waals surface area contributed by atoms with Crippen LogP contribution in [-0.4, -0.2) is 23.5 Å². The van der Waals surface area contributed by atoms with Gasteiger partial charge in [-0.15, -0.1) is 0 Å². The van der Waals surface area contributed by atoms with Crippen molar-refractivity contribution in [2.45, 2.75) is 25.4 Å². The smallest absolute Gasteiger partial charge is 0.151 e. The van der Waals surface area contributed by atoms with Crippen molar-refractivity contribution in [3.8, 4) is 0 Å². The number of carbonyl (C=O) groups excluding carboxylic acids is 1. The van der Waals surface area contributed by atoms with Crippen LogP contribution < -0.4 is 5.73 Å². The maximum Gasteiger partial charge on any atom is 0.151 e. The minimum absolute atomic E-state index is 0.297. The summed E-state index contributed by atoms with van der Waals surface area (Å²) in [4.78, 5) is 10.4. The van der Waals surface area contributed by atoms with Crippen molar-refractivity contribution in [2.75, 3.05) is 6.54 Å². The number of hydrogen-bond acceptors (Lipinski definition) is 3. The molecule has 1 atom stereocenters. The lowest BCUT2D eigenvalue weighted by atomic mass is 9.87. The lowest BCUT2D eigenvalue weighted by molar-refractivity contribution is -0.128. The molecule has 0 aromatic carbocycles. The average molecular weight is 143 g/mol. The minimum Gasteiger partial charge on any atom is -0.382 e. The predicted octanol–water partition coefficient (Wildman–Crippen LogP) is -0.325. The van der Waals surface area contributed by atoms with Gasteiger partial charge in [0, 0.05) is 12.0 Å². The highest BCUT2D eigenvalue weighted by Crippen LogP contribution is 2.52. The molecule has 1 aliphatic rings. The van der Waals surface area contributed by atoms with Crippen LogP contribution >= 0.6 is 0 Å². The molecule has 3 nitrogen and oxygen atoms in total. The Hall–Kier alpha value is -0.410. The molecule has 0 radical (unpaired) electrons. The second kappa shape index (κ2) is 2.04. The van der Waals surface area contributed by atoms with Gasteiger partial charge < -0.3 is 15.6 Å². The molecule has 1 aliphatic carbocycles. The quantitative estimate of drug-likeness (QED) is 0.532. The van der Waals surface area contributed by atoms with E-state index in [0.29, 0.717) is 12.8 Å². The molecule has 1 rings (SSSR count). The first-order valence-electron chi connectivity index (χ1n) is 3.47. The monoisotopic (exact) mass is 143 g/mol. The van der Waals surface area contributed by atoms with E-state index in [0.717, 1.165) is 12.8 Å². The van der Waals surface area contributed by atoms with Gasteiger partial charge in [-0.3, -0.25) is 0 Å². The Kier molecular flexibility index (Phi) is 1.57. The summed E-state index contributed by atoms with van der Waals surface area (Å²) in [5.74, 6) is 0. The topological polar surface area (TPSA) is 63.3 Å². The first kappa shape index (κ1) is 7.69. The van der Waals surface area contributed by atoms with E-state index in [1.807, 2.05) is 0 Å². The summed E-state index contributed by atoms with van der Waals surface area (Å²) in [6.45, 7) is 1.93. The normalized spacial score (nSPS) is 27.1. The zero-order chi connectivity index (χ0) is 7.83. The third-order valence-corrected chi connectivity index (χ3v) is 2.55. The van der Waals surface area contributed by atoms with Crippen LogP contribution in [0.1, 0.15) is 19.8 Å². The number of carbonyl (C=O) groups is 1. The third-order valence-electron chi connectivity index (χ3n) is 2.55. The average Bonchev–Trinajstić information content (AvgIpc) is 2.67. The van der Waals surface area contributed by atoms with Crippen molar-refractivity contribution >= 4 is 6.29 Å². The van der Waals surface area contributed by atoms with Gasteiger partial charge in [-0.2, -0.15) is 0 Å². The molecule has 0 heterocycles. The first-order valence-corrected chi connectivity index (χ1v) is 3.47. The summed E-state index contributed by atoms with van der Waals surface area (Å²) in [6, 6.07) is 0. The standard InChI is InChI=1S/C7H13NO2/c1-6(10,5-9)7(4-8)2-3-7/h5,10H,2-4,8H2,1H3. The zero-order valence-corrected chi connectivity index (χ0v) is 6.13. The highest BCUT2D eigenvalue weighted by molar-refractivity contribution is 5.64. The fraction of sp³-hybridized carbons (Fsp3) is 0.857. The van der Waals surface area contributed by atoms with Crippen molar-refractivity contribution < 1.29 is 9.90 Å². The fourth-order valence-electron chi connectivity index (χ4n) is 1.19. The summed E-state index contributed by atoms with van der Waals surface area (Å²) in [5, 5.41) is 9.47. The molecule has 0 spiro atoms. The number of rotatable bonds is 3. The van der Waals surface area contributed by atoms with Crippen LogP contribution in [0, 0.1) is 5.41 Å². The maximum absolute atomic E-state index is 10.4. The summed E-state index contributed by atoms with van der Waals surface area (Å²) < 4.78 is 0. The van der Waals surface area contributed by atoms with Crippen LogP contribution in [0.25, 0.3) is 0 Å². The first-order chi connectivity index (χ1) is 4.58. The molecule has 58 valence electrons. The van der Waals surface area contributed by atoms with Crippen molar-refractivity contribution in [2.24, 2.45) is 11.1 Å². The van der Waals surface area contributed by atoms with E-state index in [9.17, 15) is 9.90 Å². The van der Waals surface area contributed by atoms with E-state index in [1.165, 1.54) is 6.92 Å². The fourth-order valence-corrected chi connectivity index (χ4v) is 1.19. The van der Waals surface area contributed by atoms with Gasteiger partial charge in [-0.05, 0) is 19.8 Å². The number of aliphatic hydroxyl groups is 1. The summed E-state index contributed by atoms with van der Waals surface area (Å²) in [7, 11) is 0. The largest absolute Gasteiger partial charge is 0.382 e. The van der Waals surface area contributed by atoms with Gasteiger partial charge in [0.1, 0.15) is 5.60 Å². The zero-order valence-electron chi connectivity index (χ0n) is 6.13.